The van der Waals surface area contributed by atoms with E-state index in [-0.39, 0.29) is 0 Å². The van der Waals surface area contributed by atoms with Gasteiger partial charge in [0.1, 0.15) is 0 Å². The van der Waals surface area contributed by atoms with E-state index in [0.717, 1.165) is 44.9 Å². The first-order chi connectivity index (χ1) is 9.21. The standard InChI is InChI=1S/C16H32N2O/c1-4-14(5-2)13-18(6-3)16(19)8-7-15-9-11-17-12-10-15/h14-15,17H,4-13H2,1-3H3. The summed E-state index contributed by atoms with van der Waals surface area (Å²) in [5.74, 6) is 1.80. The van der Waals surface area contributed by atoms with Gasteiger partial charge in [-0.15, -0.1) is 0 Å². The molecule has 19 heavy (non-hydrogen) atoms. The lowest BCUT2D eigenvalue weighted by atomic mass is 9.93. The van der Waals surface area contributed by atoms with Crippen LogP contribution in [0.2, 0.25) is 0 Å². The van der Waals surface area contributed by atoms with Crippen molar-refractivity contribution in [2.45, 2.75) is 59.3 Å². The number of nitrogens with zero attached hydrogens (tertiary/aromatic N) is 1. The van der Waals surface area contributed by atoms with E-state index in [1.54, 1.807) is 0 Å². The number of amides is 1. The van der Waals surface area contributed by atoms with Gasteiger partial charge in [-0.1, -0.05) is 26.7 Å². The van der Waals surface area contributed by atoms with Crippen molar-refractivity contribution >= 4 is 5.91 Å². The fourth-order valence-corrected chi connectivity index (χ4v) is 2.92. The number of carbonyl (C=O) groups is 1. The molecule has 1 heterocycles. The van der Waals surface area contributed by atoms with Crippen LogP contribution >= 0.6 is 0 Å². The van der Waals surface area contributed by atoms with Crippen LogP contribution in [-0.4, -0.2) is 37.0 Å². The second-order valence-electron chi connectivity index (χ2n) is 5.85. The highest BCUT2D eigenvalue weighted by Gasteiger charge is 2.18. The van der Waals surface area contributed by atoms with Gasteiger partial charge in [-0.25, -0.2) is 0 Å². The van der Waals surface area contributed by atoms with Crippen molar-refractivity contribution < 1.29 is 4.79 Å². The Kier molecular flexibility index (Phi) is 8.11. The summed E-state index contributed by atoms with van der Waals surface area (Å²) in [5.41, 5.74) is 0. The van der Waals surface area contributed by atoms with E-state index in [0.29, 0.717) is 11.8 Å². The summed E-state index contributed by atoms with van der Waals surface area (Å²) >= 11 is 0. The second-order valence-corrected chi connectivity index (χ2v) is 5.85. The Morgan fingerprint density at radius 2 is 1.84 bits per heavy atom. The third-order valence-corrected chi connectivity index (χ3v) is 4.59. The van der Waals surface area contributed by atoms with E-state index in [9.17, 15) is 4.79 Å². The minimum Gasteiger partial charge on any atom is -0.343 e. The maximum absolute atomic E-state index is 12.3. The normalized spacial score (nSPS) is 16.8. The molecule has 0 aliphatic carbocycles. The summed E-state index contributed by atoms with van der Waals surface area (Å²) in [7, 11) is 0. The number of piperidine rings is 1. The Morgan fingerprint density at radius 1 is 1.21 bits per heavy atom. The third kappa shape index (κ3) is 5.94. The molecule has 1 aliphatic rings. The molecule has 0 spiro atoms. The van der Waals surface area contributed by atoms with E-state index in [4.69, 9.17) is 0 Å². The zero-order valence-electron chi connectivity index (χ0n) is 13.1. The fourth-order valence-electron chi connectivity index (χ4n) is 2.92. The predicted octanol–water partition coefficient (Wildman–Crippen LogP) is 3.05. The minimum atomic E-state index is 0.368. The van der Waals surface area contributed by atoms with Crippen molar-refractivity contribution in [3.05, 3.63) is 0 Å². The van der Waals surface area contributed by atoms with Crippen molar-refractivity contribution in [1.82, 2.24) is 10.2 Å². The molecule has 1 saturated heterocycles. The summed E-state index contributed by atoms with van der Waals surface area (Å²) in [6.07, 6.45) is 6.67. The Balaban J connectivity index is 2.31. The van der Waals surface area contributed by atoms with Crippen LogP contribution in [0.4, 0.5) is 0 Å². The molecule has 3 nitrogen and oxygen atoms in total. The summed E-state index contributed by atoms with van der Waals surface area (Å²) in [4.78, 5) is 14.4. The van der Waals surface area contributed by atoms with Gasteiger partial charge in [0.2, 0.25) is 5.91 Å². The number of hydrogen-bond donors (Lipinski definition) is 1. The molecule has 0 atom stereocenters. The zero-order valence-corrected chi connectivity index (χ0v) is 13.1. The van der Waals surface area contributed by atoms with E-state index >= 15 is 0 Å². The maximum Gasteiger partial charge on any atom is 0.222 e. The Morgan fingerprint density at radius 3 is 2.37 bits per heavy atom. The molecule has 0 saturated carbocycles. The molecule has 0 aromatic carbocycles. The number of carbonyl (C=O) groups excluding carboxylic acids is 1. The van der Waals surface area contributed by atoms with Crippen molar-refractivity contribution in [3.63, 3.8) is 0 Å². The lowest BCUT2D eigenvalue weighted by Gasteiger charge is -2.27. The fraction of sp³-hybridized carbons (Fsp3) is 0.938. The second kappa shape index (κ2) is 9.35. The van der Waals surface area contributed by atoms with Gasteiger partial charge in [-0.3, -0.25) is 4.79 Å². The highest BCUT2D eigenvalue weighted by molar-refractivity contribution is 5.76. The Labute approximate surface area is 119 Å². The molecule has 0 aromatic heterocycles. The molecular weight excluding hydrogens is 236 g/mol. The van der Waals surface area contributed by atoms with Gasteiger partial charge in [-0.2, -0.15) is 0 Å². The smallest absolute Gasteiger partial charge is 0.222 e. The average molecular weight is 268 g/mol. The van der Waals surface area contributed by atoms with Crippen molar-refractivity contribution in [2.24, 2.45) is 11.8 Å². The summed E-state index contributed by atoms with van der Waals surface area (Å²) in [6, 6.07) is 0. The van der Waals surface area contributed by atoms with E-state index in [1.165, 1.54) is 25.7 Å². The summed E-state index contributed by atoms with van der Waals surface area (Å²) in [6.45, 7) is 10.6. The largest absolute Gasteiger partial charge is 0.343 e. The molecule has 1 N–H and O–H groups in total. The number of hydrogen-bond acceptors (Lipinski definition) is 2. The lowest BCUT2D eigenvalue weighted by molar-refractivity contribution is -0.132. The van der Waals surface area contributed by atoms with Gasteiger partial charge < -0.3 is 10.2 Å². The molecule has 1 amide bonds. The third-order valence-electron chi connectivity index (χ3n) is 4.59. The van der Waals surface area contributed by atoms with Crippen LogP contribution in [0.5, 0.6) is 0 Å². The molecule has 112 valence electrons. The molecule has 0 aromatic rings. The first kappa shape index (κ1) is 16.5. The van der Waals surface area contributed by atoms with E-state index in [2.05, 4.69) is 31.0 Å². The van der Waals surface area contributed by atoms with Gasteiger partial charge in [0.05, 0.1) is 0 Å². The molecule has 1 fully saturated rings. The number of rotatable bonds is 8. The highest BCUT2D eigenvalue weighted by Crippen LogP contribution is 2.19. The summed E-state index contributed by atoms with van der Waals surface area (Å²) in [5, 5.41) is 3.38. The quantitative estimate of drug-likeness (QED) is 0.734. The van der Waals surface area contributed by atoms with Gasteiger partial charge in [0.15, 0.2) is 0 Å². The molecule has 3 heteroatoms. The van der Waals surface area contributed by atoms with E-state index in [1.807, 2.05) is 0 Å². The van der Waals surface area contributed by atoms with Crippen LogP contribution in [0.15, 0.2) is 0 Å². The van der Waals surface area contributed by atoms with Crippen LogP contribution in [0.3, 0.4) is 0 Å². The molecule has 1 rings (SSSR count). The molecule has 0 unspecified atom stereocenters. The first-order valence-corrected chi connectivity index (χ1v) is 8.19. The van der Waals surface area contributed by atoms with Gasteiger partial charge in [0.25, 0.3) is 0 Å². The van der Waals surface area contributed by atoms with Gasteiger partial charge in [0, 0.05) is 19.5 Å². The van der Waals surface area contributed by atoms with Crippen molar-refractivity contribution in [1.29, 1.82) is 0 Å². The molecular formula is C16H32N2O. The monoisotopic (exact) mass is 268 g/mol. The molecule has 0 bridgehead atoms. The van der Waals surface area contributed by atoms with Crippen LogP contribution in [0.25, 0.3) is 0 Å². The lowest BCUT2D eigenvalue weighted by Crippen LogP contribution is -2.35. The van der Waals surface area contributed by atoms with Crippen LogP contribution in [0, 0.1) is 11.8 Å². The predicted molar refractivity (Wildman–Crippen MR) is 81.2 cm³/mol. The van der Waals surface area contributed by atoms with Gasteiger partial charge >= 0.3 is 0 Å². The molecule has 0 radical (unpaired) electrons. The SMILES string of the molecule is CCC(CC)CN(CC)C(=O)CCC1CCNCC1. The highest BCUT2D eigenvalue weighted by atomic mass is 16.2. The van der Waals surface area contributed by atoms with Crippen molar-refractivity contribution in [2.75, 3.05) is 26.2 Å². The van der Waals surface area contributed by atoms with Gasteiger partial charge in [-0.05, 0) is 51.1 Å². The number of nitrogens with one attached hydrogen (secondary N) is 1. The zero-order chi connectivity index (χ0) is 14.1. The minimum absolute atomic E-state index is 0.368. The topological polar surface area (TPSA) is 32.3 Å². The van der Waals surface area contributed by atoms with Crippen LogP contribution < -0.4 is 5.32 Å². The van der Waals surface area contributed by atoms with E-state index < -0.39 is 0 Å². The molecule has 1 aliphatic heterocycles. The Bertz CT molecular complexity index is 245. The van der Waals surface area contributed by atoms with Crippen molar-refractivity contribution in [3.8, 4) is 0 Å². The Hall–Kier alpha value is -0.570. The summed E-state index contributed by atoms with van der Waals surface area (Å²) < 4.78 is 0. The van der Waals surface area contributed by atoms with Crippen LogP contribution in [0.1, 0.15) is 59.3 Å². The average Bonchev–Trinajstić information content (AvgIpc) is 2.47. The first-order valence-electron chi connectivity index (χ1n) is 8.19. The maximum atomic E-state index is 12.3. The van der Waals surface area contributed by atoms with Crippen LogP contribution in [-0.2, 0) is 4.79 Å².